The van der Waals surface area contributed by atoms with Crippen LogP contribution < -0.4 is 0 Å². The lowest BCUT2D eigenvalue weighted by molar-refractivity contribution is 1.96. The van der Waals surface area contributed by atoms with E-state index in [-0.39, 0.29) is 0 Å². The van der Waals surface area contributed by atoms with Gasteiger partial charge in [0.25, 0.3) is 0 Å². The summed E-state index contributed by atoms with van der Waals surface area (Å²) >= 11 is 8.46. The maximum absolute atomic E-state index is 2.38. The molecular weight excluding hydrogens is 390 g/mol. The van der Waals surface area contributed by atoms with Crippen molar-refractivity contribution in [2.45, 2.75) is 0 Å². The average molecular weight is 392 g/mol. The van der Waals surface area contributed by atoms with Gasteiger partial charge in [0.05, 0.1) is 6.90 Å². The van der Waals surface area contributed by atoms with Gasteiger partial charge in [0.15, 0.2) is 0 Å². The molecule has 0 unspecified atom stereocenters. The van der Waals surface area contributed by atoms with E-state index in [2.05, 4.69) is 56.6 Å². The Balaban J connectivity index is 2.90. The molecule has 0 saturated carbocycles. The van der Waals surface area contributed by atoms with E-state index in [1.807, 2.05) is 22.7 Å². The summed E-state index contributed by atoms with van der Waals surface area (Å²) < 4.78 is 4.22. The van der Waals surface area contributed by atoms with Crippen LogP contribution in [0.15, 0.2) is 11.4 Å². The van der Waals surface area contributed by atoms with Gasteiger partial charge in [0, 0.05) is 14.3 Å². The van der Waals surface area contributed by atoms with Gasteiger partial charge in [-0.1, -0.05) is 0 Å². The van der Waals surface area contributed by atoms with E-state index in [4.69, 9.17) is 0 Å². The van der Waals surface area contributed by atoms with Gasteiger partial charge < -0.3 is 0 Å². The fourth-order valence-corrected chi connectivity index (χ4v) is 5.23. The number of hydrogen-bond acceptors (Lipinski definition) is 2. The van der Waals surface area contributed by atoms with E-state index in [1.54, 1.807) is 0 Å². The summed E-state index contributed by atoms with van der Waals surface area (Å²) in [6.45, 7) is 0. The second kappa shape index (κ2) is 2.87. The lowest BCUT2D eigenvalue weighted by Gasteiger charge is -1.74. The van der Waals surface area contributed by atoms with Gasteiger partial charge in [-0.2, -0.15) is 0 Å². The van der Waals surface area contributed by atoms with Crippen LogP contribution in [0.3, 0.4) is 0 Å². The second-order valence-electron chi connectivity index (χ2n) is 1.84. The molecule has 52 valence electrons. The molecule has 0 N–H and O–H groups in total. The van der Waals surface area contributed by atoms with E-state index in [9.17, 15) is 0 Å². The number of hydrogen-bond donors (Lipinski definition) is 0. The van der Waals surface area contributed by atoms with E-state index in [0.29, 0.717) is 0 Å². The Morgan fingerprint density at radius 2 is 2.10 bits per heavy atom. The first-order valence-electron chi connectivity index (χ1n) is 2.59. The van der Waals surface area contributed by atoms with Crippen molar-refractivity contribution in [2.24, 2.45) is 0 Å². The summed E-state index contributed by atoms with van der Waals surface area (Å²) in [6, 6.07) is 2.25. The fraction of sp³-hybridized carbons (Fsp3) is 0. The van der Waals surface area contributed by atoms with Crippen LogP contribution in [0, 0.1) is 6.45 Å². The van der Waals surface area contributed by atoms with Crippen LogP contribution in [0.2, 0.25) is 0 Å². The van der Waals surface area contributed by atoms with Crippen molar-refractivity contribution >= 4 is 77.3 Å². The first kappa shape index (κ1) is 7.75. The SMILES string of the molecule is Ic1cc2c(I)csc2s1. The van der Waals surface area contributed by atoms with Crippen LogP contribution in [-0.4, -0.2) is 0 Å². The highest BCUT2D eigenvalue weighted by Gasteiger charge is 2.03. The summed E-state index contributed by atoms with van der Waals surface area (Å²) in [6.07, 6.45) is 0. The number of halogens is 2. The normalized spacial score (nSPS) is 11.0. The molecular formula is C6H2I2S2. The summed E-state index contributed by atoms with van der Waals surface area (Å²) in [5.74, 6) is 0. The molecule has 2 rings (SSSR count). The largest absolute Gasteiger partial charge is 0.132 e. The summed E-state index contributed by atoms with van der Waals surface area (Å²) in [7, 11) is 0. The Morgan fingerprint density at radius 3 is 2.80 bits per heavy atom. The van der Waals surface area contributed by atoms with Crippen molar-refractivity contribution in [3.63, 3.8) is 0 Å². The van der Waals surface area contributed by atoms with E-state index < -0.39 is 0 Å². The quantitative estimate of drug-likeness (QED) is 0.591. The molecule has 0 spiro atoms. The molecule has 0 aliphatic rings. The topological polar surface area (TPSA) is 0 Å². The molecule has 0 atom stereocenters. The molecule has 2 aromatic heterocycles. The Hall–Kier alpha value is 1.12. The zero-order valence-electron chi connectivity index (χ0n) is 4.73. The average Bonchev–Trinajstić information content (AvgIpc) is 2.35. The highest BCUT2D eigenvalue weighted by Crippen LogP contribution is 2.34. The third-order valence-corrected chi connectivity index (χ3v) is 5.53. The Bertz CT molecular complexity index is 361. The molecule has 0 nitrogen and oxygen atoms in total. The lowest BCUT2D eigenvalue weighted by atomic mass is 10.4. The van der Waals surface area contributed by atoms with E-state index >= 15 is 0 Å². The van der Waals surface area contributed by atoms with Crippen molar-refractivity contribution in [3.8, 4) is 0 Å². The molecule has 0 saturated heterocycles. The minimum Gasteiger partial charge on any atom is -0.132 e. The predicted molar refractivity (Wildman–Crippen MR) is 65.1 cm³/mol. The van der Waals surface area contributed by atoms with Crippen molar-refractivity contribution in [1.29, 1.82) is 0 Å². The molecule has 0 fully saturated rings. The minimum absolute atomic E-state index is 1.39. The standard InChI is InChI=1S/C6H2I2S2/c7-4-2-9-6-3(4)1-5(8)10-6/h1-2H. The molecule has 4 heteroatoms. The third-order valence-electron chi connectivity index (χ3n) is 1.19. The molecule has 0 radical (unpaired) electrons. The second-order valence-corrected chi connectivity index (χ2v) is 7.08. The maximum atomic E-state index is 2.38. The van der Waals surface area contributed by atoms with E-state index in [0.717, 1.165) is 0 Å². The highest BCUT2D eigenvalue weighted by molar-refractivity contribution is 14.1. The number of fused-ring (bicyclic) bond motifs is 1. The fourth-order valence-electron chi connectivity index (χ4n) is 0.768. The van der Waals surface area contributed by atoms with Gasteiger partial charge in [0.2, 0.25) is 0 Å². The number of rotatable bonds is 0. The van der Waals surface area contributed by atoms with Gasteiger partial charge in [-0.3, -0.25) is 0 Å². The molecule has 10 heavy (non-hydrogen) atoms. The summed E-state index contributed by atoms with van der Waals surface area (Å²) in [5, 5.41) is 3.64. The molecule has 0 amide bonds. The van der Waals surface area contributed by atoms with Gasteiger partial charge in [-0.15, -0.1) is 22.7 Å². The smallest absolute Gasteiger partial charge is 0.0887 e. The van der Waals surface area contributed by atoms with Crippen LogP contribution in [0.5, 0.6) is 0 Å². The highest BCUT2D eigenvalue weighted by atomic mass is 127. The van der Waals surface area contributed by atoms with Crippen molar-refractivity contribution in [2.75, 3.05) is 0 Å². The van der Waals surface area contributed by atoms with Gasteiger partial charge >= 0.3 is 0 Å². The Kier molecular flexibility index (Phi) is 2.23. The van der Waals surface area contributed by atoms with Crippen LogP contribution >= 0.6 is 67.9 Å². The molecule has 2 aromatic rings. The Labute approximate surface area is 93.9 Å². The summed E-state index contributed by atoms with van der Waals surface area (Å²) in [4.78, 5) is 0. The lowest BCUT2D eigenvalue weighted by Crippen LogP contribution is -1.55. The van der Waals surface area contributed by atoms with Crippen molar-refractivity contribution < 1.29 is 0 Å². The van der Waals surface area contributed by atoms with Crippen molar-refractivity contribution in [1.82, 2.24) is 0 Å². The summed E-state index contributed by atoms with van der Waals surface area (Å²) in [5.41, 5.74) is 0. The zero-order chi connectivity index (χ0) is 7.14. The first-order valence-corrected chi connectivity index (χ1v) is 6.45. The predicted octanol–water partition coefficient (Wildman–Crippen LogP) is 4.17. The van der Waals surface area contributed by atoms with Gasteiger partial charge in [-0.25, -0.2) is 0 Å². The third kappa shape index (κ3) is 1.23. The van der Waals surface area contributed by atoms with E-state index in [1.165, 1.54) is 15.9 Å². The molecule has 0 aliphatic heterocycles. The Morgan fingerprint density at radius 1 is 1.30 bits per heavy atom. The molecule has 0 aliphatic carbocycles. The van der Waals surface area contributed by atoms with Crippen LogP contribution in [0.1, 0.15) is 0 Å². The molecule has 0 bridgehead atoms. The maximum Gasteiger partial charge on any atom is 0.0887 e. The van der Waals surface area contributed by atoms with Crippen molar-refractivity contribution in [3.05, 3.63) is 17.9 Å². The first-order chi connectivity index (χ1) is 4.77. The van der Waals surface area contributed by atoms with Crippen LogP contribution in [0.4, 0.5) is 0 Å². The van der Waals surface area contributed by atoms with Crippen LogP contribution in [0.25, 0.3) is 9.40 Å². The van der Waals surface area contributed by atoms with Crippen LogP contribution in [-0.2, 0) is 0 Å². The minimum atomic E-state index is 1.39. The van der Waals surface area contributed by atoms with Gasteiger partial charge in [-0.05, 0) is 51.2 Å². The van der Waals surface area contributed by atoms with Gasteiger partial charge in [0.1, 0.15) is 0 Å². The zero-order valence-corrected chi connectivity index (χ0v) is 10.7. The molecule has 2 heterocycles. The number of thiophene rings is 2. The monoisotopic (exact) mass is 392 g/mol. The molecule has 0 aromatic carbocycles.